The van der Waals surface area contributed by atoms with Crippen molar-refractivity contribution in [3.63, 3.8) is 0 Å². The number of amides is 2. The maximum Gasteiger partial charge on any atom is 0.239 e. The Morgan fingerprint density at radius 3 is 2.63 bits per heavy atom. The molecule has 2 aliphatic heterocycles. The SMILES string of the molecule is COCCN1C(=O)CS(=O)(=O)C12CCN(C(=O)Cc1cccc(Cl)c1)CC2. The third kappa shape index (κ3) is 3.83. The fourth-order valence-corrected chi connectivity index (χ4v) is 6.20. The van der Waals surface area contributed by atoms with Gasteiger partial charge in [-0.3, -0.25) is 9.59 Å². The van der Waals surface area contributed by atoms with Gasteiger partial charge in [0.1, 0.15) is 10.6 Å². The molecule has 0 aliphatic carbocycles. The van der Waals surface area contributed by atoms with Crippen LogP contribution in [-0.2, 0) is 30.6 Å². The quantitative estimate of drug-likeness (QED) is 0.720. The van der Waals surface area contributed by atoms with Crippen LogP contribution in [0.2, 0.25) is 5.02 Å². The zero-order chi connectivity index (χ0) is 19.7. The van der Waals surface area contributed by atoms with Crippen LogP contribution in [0.5, 0.6) is 0 Å². The molecule has 0 N–H and O–H groups in total. The Bertz CT molecular complexity index is 834. The molecule has 1 aromatic carbocycles. The summed E-state index contributed by atoms with van der Waals surface area (Å²) in [6.45, 7) is 1.12. The molecule has 0 bridgehead atoms. The van der Waals surface area contributed by atoms with Crippen molar-refractivity contribution in [3.8, 4) is 0 Å². The summed E-state index contributed by atoms with van der Waals surface area (Å²) in [5.74, 6) is -0.921. The van der Waals surface area contributed by atoms with Crippen LogP contribution in [0, 0.1) is 0 Å². The molecular formula is C18H23ClN2O5S. The largest absolute Gasteiger partial charge is 0.383 e. The monoisotopic (exact) mass is 414 g/mol. The van der Waals surface area contributed by atoms with Gasteiger partial charge >= 0.3 is 0 Å². The normalized spacial score (nSPS) is 21.0. The van der Waals surface area contributed by atoms with Crippen molar-refractivity contribution in [1.29, 1.82) is 0 Å². The van der Waals surface area contributed by atoms with Gasteiger partial charge < -0.3 is 14.5 Å². The maximum atomic E-state index is 12.7. The zero-order valence-corrected chi connectivity index (χ0v) is 16.8. The third-order valence-corrected chi connectivity index (χ3v) is 7.99. The van der Waals surface area contributed by atoms with Crippen molar-refractivity contribution in [3.05, 3.63) is 34.9 Å². The molecule has 2 fully saturated rings. The molecule has 27 heavy (non-hydrogen) atoms. The summed E-state index contributed by atoms with van der Waals surface area (Å²) in [6, 6.07) is 7.12. The van der Waals surface area contributed by atoms with Gasteiger partial charge in [-0.05, 0) is 17.7 Å². The molecule has 2 heterocycles. The lowest BCUT2D eigenvalue weighted by atomic mass is 10.0. The van der Waals surface area contributed by atoms with E-state index >= 15 is 0 Å². The minimum atomic E-state index is -3.59. The standard InChI is InChI=1S/C18H23ClN2O5S/c1-26-10-9-21-17(23)13-27(24,25)18(21)5-7-20(8-6-18)16(22)12-14-3-2-4-15(19)11-14/h2-4,11H,5-10,12-13H2,1H3. The van der Waals surface area contributed by atoms with E-state index in [-0.39, 0.29) is 44.2 Å². The van der Waals surface area contributed by atoms with E-state index in [1.807, 2.05) is 6.07 Å². The minimum absolute atomic E-state index is 0.0720. The summed E-state index contributed by atoms with van der Waals surface area (Å²) in [6.07, 6.45) is 0.671. The first-order valence-corrected chi connectivity index (χ1v) is 10.9. The Balaban J connectivity index is 1.70. The number of hydrogen-bond acceptors (Lipinski definition) is 5. The van der Waals surface area contributed by atoms with E-state index in [1.54, 1.807) is 23.1 Å². The van der Waals surface area contributed by atoms with Crippen LogP contribution in [0.4, 0.5) is 0 Å². The molecule has 3 rings (SSSR count). The van der Waals surface area contributed by atoms with Gasteiger partial charge in [-0.2, -0.15) is 0 Å². The Labute approximate surface area is 164 Å². The van der Waals surface area contributed by atoms with E-state index in [0.29, 0.717) is 18.1 Å². The van der Waals surface area contributed by atoms with E-state index < -0.39 is 20.5 Å². The minimum Gasteiger partial charge on any atom is -0.383 e. The second kappa shape index (κ2) is 7.77. The van der Waals surface area contributed by atoms with Gasteiger partial charge in [-0.1, -0.05) is 23.7 Å². The maximum absolute atomic E-state index is 12.7. The smallest absolute Gasteiger partial charge is 0.239 e. The molecule has 7 nitrogen and oxygen atoms in total. The molecule has 0 radical (unpaired) electrons. The van der Waals surface area contributed by atoms with Crippen LogP contribution < -0.4 is 0 Å². The molecule has 2 saturated heterocycles. The number of carbonyl (C=O) groups excluding carboxylic acids is 2. The number of rotatable bonds is 5. The van der Waals surface area contributed by atoms with Gasteiger partial charge in [-0.25, -0.2) is 8.42 Å². The fourth-order valence-electron chi connectivity index (χ4n) is 3.90. The van der Waals surface area contributed by atoms with Gasteiger partial charge in [0.05, 0.1) is 13.0 Å². The molecule has 1 aromatic rings. The van der Waals surface area contributed by atoms with Crippen LogP contribution in [0.1, 0.15) is 18.4 Å². The molecule has 1 spiro atoms. The predicted octanol–water partition coefficient (Wildman–Crippen LogP) is 1.10. The van der Waals surface area contributed by atoms with Crippen molar-refractivity contribution >= 4 is 33.3 Å². The van der Waals surface area contributed by atoms with Gasteiger partial charge in [0, 0.05) is 44.6 Å². The molecule has 0 atom stereocenters. The van der Waals surface area contributed by atoms with E-state index in [4.69, 9.17) is 16.3 Å². The van der Waals surface area contributed by atoms with Crippen LogP contribution in [0.25, 0.3) is 0 Å². The summed E-state index contributed by atoms with van der Waals surface area (Å²) < 4.78 is 30.4. The number of piperidine rings is 1. The number of nitrogens with zero attached hydrogens (tertiary/aromatic N) is 2. The van der Waals surface area contributed by atoms with Gasteiger partial charge in [0.25, 0.3) is 0 Å². The first-order valence-electron chi connectivity index (χ1n) is 8.83. The fraction of sp³-hybridized carbons (Fsp3) is 0.556. The van der Waals surface area contributed by atoms with Crippen LogP contribution >= 0.6 is 11.6 Å². The number of halogens is 1. The number of methoxy groups -OCH3 is 1. The molecule has 2 amide bonds. The predicted molar refractivity (Wildman–Crippen MR) is 101 cm³/mol. The van der Waals surface area contributed by atoms with Crippen molar-refractivity contribution in [2.24, 2.45) is 0 Å². The highest BCUT2D eigenvalue weighted by Crippen LogP contribution is 2.39. The second-order valence-corrected chi connectivity index (χ2v) is 9.65. The summed E-state index contributed by atoms with van der Waals surface area (Å²) in [5, 5.41) is 0.572. The number of sulfone groups is 1. The molecule has 0 saturated carbocycles. The Hall–Kier alpha value is -1.64. The first kappa shape index (κ1) is 20.1. The molecule has 0 aromatic heterocycles. The number of likely N-dealkylation sites (tertiary alicyclic amines) is 1. The van der Waals surface area contributed by atoms with E-state index in [1.165, 1.54) is 12.0 Å². The van der Waals surface area contributed by atoms with Crippen LogP contribution in [-0.4, -0.2) is 74.0 Å². The van der Waals surface area contributed by atoms with Crippen molar-refractivity contribution < 1.29 is 22.7 Å². The third-order valence-electron chi connectivity index (χ3n) is 5.35. The topological polar surface area (TPSA) is 84.0 Å². The van der Waals surface area contributed by atoms with Crippen molar-refractivity contribution in [1.82, 2.24) is 9.80 Å². The number of benzene rings is 1. The highest BCUT2D eigenvalue weighted by atomic mass is 35.5. The summed E-state index contributed by atoms with van der Waals surface area (Å²) in [5.41, 5.74) is 0.818. The Morgan fingerprint density at radius 1 is 1.30 bits per heavy atom. The first-order chi connectivity index (χ1) is 12.8. The lowest BCUT2D eigenvalue weighted by Crippen LogP contribution is -2.57. The lowest BCUT2D eigenvalue weighted by molar-refractivity contribution is -0.135. The van der Waals surface area contributed by atoms with Gasteiger partial charge in [0.2, 0.25) is 11.8 Å². The Morgan fingerprint density at radius 2 is 2.00 bits per heavy atom. The van der Waals surface area contributed by atoms with Crippen molar-refractivity contribution in [2.75, 3.05) is 39.1 Å². The average Bonchev–Trinajstić information content (AvgIpc) is 2.79. The van der Waals surface area contributed by atoms with Crippen molar-refractivity contribution in [2.45, 2.75) is 24.1 Å². The van der Waals surface area contributed by atoms with E-state index in [0.717, 1.165) is 5.56 Å². The zero-order valence-electron chi connectivity index (χ0n) is 15.2. The molecular weight excluding hydrogens is 392 g/mol. The number of hydrogen-bond donors (Lipinski definition) is 0. The lowest BCUT2D eigenvalue weighted by Gasteiger charge is -2.43. The van der Waals surface area contributed by atoms with Crippen LogP contribution in [0.3, 0.4) is 0 Å². The second-order valence-electron chi connectivity index (χ2n) is 6.93. The Kier molecular flexibility index (Phi) is 5.79. The van der Waals surface area contributed by atoms with Gasteiger partial charge in [0.15, 0.2) is 9.84 Å². The highest BCUT2D eigenvalue weighted by Gasteiger charge is 2.58. The summed E-state index contributed by atoms with van der Waals surface area (Å²) in [7, 11) is -2.07. The molecule has 0 unspecified atom stereocenters. The molecule has 2 aliphatic rings. The summed E-state index contributed by atoms with van der Waals surface area (Å²) >= 11 is 5.96. The molecule has 9 heteroatoms. The van der Waals surface area contributed by atoms with E-state index in [2.05, 4.69) is 0 Å². The average molecular weight is 415 g/mol. The number of ether oxygens (including phenoxy) is 1. The van der Waals surface area contributed by atoms with E-state index in [9.17, 15) is 18.0 Å². The molecule has 148 valence electrons. The van der Waals surface area contributed by atoms with Gasteiger partial charge in [-0.15, -0.1) is 0 Å². The highest BCUT2D eigenvalue weighted by molar-refractivity contribution is 7.93. The number of carbonyl (C=O) groups is 2. The van der Waals surface area contributed by atoms with Crippen LogP contribution in [0.15, 0.2) is 24.3 Å². The summed E-state index contributed by atoms with van der Waals surface area (Å²) in [4.78, 5) is 26.7.